The molecule has 0 aliphatic heterocycles. The van der Waals surface area contributed by atoms with Crippen LogP contribution >= 0.6 is 0 Å². The second kappa shape index (κ2) is 10.1. The van der Waals surface area contributed by atoms with Crippen molar-refractivity contribution in [2.75, 3.05) is 17.9 Å². The first-order valence-electron chi connectivity index (χ1n) is 10.8. The molecule has 0 saturated heterocycles. The van der Waals surface area contributed by atoms with Crippen molar-refractivity contribution >= 4 is 21.6 Å². The lowest BCUT2D eigenvalue weighted by molar-refractivity contribution is 0.0946. The largest absolute Gasteiger partial charge is 0.491 e. The Balaban J connectivity index is 1.69. The van der Waals surface area contributed by atoms with Gasteiger partial charge in [-0.1, -0.05) is 30.3 Å². The highest BCUT2D eigenvalue weighted by atomic mass is 32.2. The molecule has 2 N–H and O–H groups in total. The van der Waals surface area contributed by atoms with Gasteiger partial charge in [0.05, 0.1) is 17.1 Å². The minimum atomic E-state index is -3.86. The van der Waals surface area contributed by atoms with Gasteiger partial charge in [0, 0.05) is 5.56 Å². The predicted molar refractivity (Wildman–Crippen MR) is 132 cm³/mol. The summed E-state index contributed by atoms with van der Waals surface area (Å²) in [6.45, 7) is 10.1. The SMILES string of the molecule is Cc1ccc(C(=O)NCCOc2cccc(C)c2C)cc1S(=O)(=O)Nc1cccc(C)c1C. The van der Waals surface area contributed by atoms with E-state index in [0.29, 0.717) is 24.4 Å². The molecule has 0 aliphatic rings. The Hall–Kier alpha value is -3.32. The summed E-state index contributed by atoms with van der Waals surface area (Å²) in [7, 11) is -3.86. The monoisotopic (exact) mass is 466 g/mol. The van der Waals surface area contributed by atoms with E-state index in [-0.39, 0.29) is 16.4 Å². The maximum absolute atomic E-state index is 13.1. The minimum absolute atomic E-state index is 0.0719. The second-order valence-corrected chi connectivity index (χ2v) is 9.79. The van der Waals surface area contributed by atoms with E-state index < -0.39 is 10.0 Å². The van der Waals surface area contributed by atoms with Crippen LogP contribution in [-0.2, 0) is 10.0 Å². The maximum atomic E-state index is 13.1. The molecule has 0 radical (unpaired) electrons. The Morgan fingerprint density at radius 1 is 0.848 bits per heavy atom. The van der Waals surface area contributed by atoms with E-state index >= 15 is 0 Å². The number of amides is 1. The summed E-state index contributed by atoms with van der Waals surface area (Å²) >= 11 is 0. The standard InChI is InChI=1S/C26H30N2O4S/c1-17-8-6-10-23(20(17)4)28-33(30,31)25-16-22(13-12-19(25)3)26(29)27-14-15-32-24-11-7-9-18(2)21(24)5/h6-13,16,28H,14-15H2,1-5H3,(H,27,29). The molecule has 6 nitrogen and oxygen atoms in total. The summed E-state index contributed by atoms with van der Waals surface area (Å²) in [5, 5.41) is 2.79. The number of rotatable bonds is 8. The molecule has 0 spiro atoms. The van der Waals surface area contributed by atoms with Crippen molar-refractivity contribution < 1.29 is 17.9 Å². The Kier molecular flexibility index (Phi) is 7.43. The summed E-state index contributed by atoms with van der Waals surface area (Å²) in [6, 6.07) is 15.9. The summed E-state index contributed by atoms with van der Waals surface area (Å²) in [4.78, 5) is 12.7. The minimum Gasteiger partial charge on any atom is -0.491 e. The molecular weight excluding hydrogens is 436 g/mol. The van der Waals surface area contributed by atoms with Gasteiger partial charge in [-0.05, 0) is 86.7 Å². The number of sulfonamides is 1. The van der Waals surface area contributed by atoms with Crippen LogP contribution in [0.5, 0.6) is 5.75 Å². The molecule has 174 valence electrons. The van der Waals surface area contributed by atoms with Crippen molar-refractivity contribution in [2.45, 2.75) is 39.5 Å². The molecule has 0 unspecified atom stereocenters. The van der Waals surface area contributed by atoms with Crippen LogP contribution in [0.2, 0.25) is 0 Å². The number of carbonyl (C=O) groups excluding carboxylic acids is 1. The smallest absolute Gasteiger partial charge is 0.262 e. The zero-order chi connectivity index (χ0) is 24.2. The van der Waals surface area contributed by atoms with Crippen LogP contribution in [0.25, 0.3) is 0 Å². The van der Waals surface area contributed by atoms with E-state index in [4.69, 9.17) is 4.74 Å². The van der Waals surface area contributed by atoms with Crippen LogP contribution in [0.15, 0.2) is 59.5 Å². The number of ether oxygens (including phenoxy) is 1. The van der Waals surface area contributed by atoms with E-state index in [1.807, 2.05) is 52.0 Å². The van der Waals surface area contributed by atoms with Gasteiger partial charge in [0.2, 0.25) is 0 Å². The number of carbonyl (C=O) groups is 1. The van der Waals surface area contributed by atoms with Gasteiger partial charge in [0.15, 0.2) is 0 Å². The molecule has 0 aromatic heterocycles. The van der Waals surface area contributed by atoms with Crippen molar-refractivity contribution in [1.82, 2.24) is 5.32 Å². The normalized spacial score (nSPS) is 11.2. The van der Waals surface area contributed by atoms with Crippen LogP contribution < -0.4 is 14.8 Å². The van der Waals surface area contributed by atoms with E-state index in [1.165, 1.54) is 6.07 Å². The molecule has 0 heterocycles. The molecule has 0 saturated carbocycles. The molecular formula is C26H30N2O4S. The fourth-order valence-corrected chi connectivity index (χ4v) is 4.80. The van der Waals surface area contributed by atoms with Crippen molar-refractivity contribution in [3.05, 3.63) is 88.0 Å². The molecule has 3 aromatic rings. The highest BCUT2D eigenvalue weighted by Gasteiger charge is 2.20. The molecule has 3 aromatic carbocycles. The molecule has 7 heteroatoms. The Morgan fingerprint density at radius 2 is 1.52 bits per heavy atom. The molecule has 0 atom stereocenters. The number of aryl methyl sites for hydroxylation is 3. The van der Waals surface area contributed by atoms with Crippen molar-refractivity contribution in [3.8, 4) is 5.75 Å². The molecule has 33 heavy (non-hydrogen) atoms. The maximum Gasteiger partial charge on any atom is 0.262 e. The Bertz CT molecular complexity index is 1280. The Morgan fingerprint density at radius 3 is 2.24 bits per heavy atom. The van der Waals surface area contributed by atoms with E-state index in [0.717, 1.165) is 28.0 Å². The zero-order valence-electron chi connectivity index (χ0n) is 19.7. The van der Waals surface area contributed by atoms with Gasteiger partial charge in [-0.3, -0.25) is 9.52 Å². The zero-order valence-corrected chi connectivity index (χ0v) is 20.5. The van der Waals surface area contributed by atoms with Crippen LogP contribution in [0, 0.1) is 34.6 Å². The third kappa shape index (κ3) is 5.73. The van der Waals surface area contributed by atoms with Gasteiger partial charge >= 0.3 is 0 Å². The average molecular weight is 467 g/mol. The number of anilines is 1. The Labute approximate surface area is 196 Å². The molecule has 1 amide bonds. The van der Waals surface area contributed by atoms with Gasteiger partial charge in [0.1, 0.15) is 12.4 Å². The van der Waals surface area contributed by atoms with E-state index in [9.17, 15) is 13.2 Å². The predicted octanol–water partition coefficient (Wildman–Crippen LogP) is 4.84. The quantitative estimate of drug-likeness (QED) is 0.465. The molecule has 0 bridgehead atoms. The van der Waals surface area contributed by atoms with E-state index in [2.05, 4.69) is 10.0 Å². The van der Waals surface area contributed by atoms with Gasteiger partial charge in [0.25, 0.3) is 15.9 Å². The van der Waals surface area contributed by atoms with Crippen molar-refractivity contribution in [3.63, 3.8) is 0 Å². The summed E-state index contributed by atoms with van der Waals surface area (Å²) in [5.74, 6) is 0.424. The van der Waals surface area contributed by atoms with Gasteiger partial charge in [-0.2, -0.15) is 0 Å². The van der Waals surface area contributed by atoms with Crippen LogP contribution in [0.4, 0.5) is 5.69 Å². The van der Waals surface area contributed by atoms with Crippen LogP contribution in [-0.4, -0.2) is 27.5 Å². The lowest BCUT2D eigenvalue weighted by atomic mass is 10.1. The first-order chi connectivity index (χ1) is 15.6. The van der Waals surface area contributed by atoms with E-state index in [1.54, 1.807) is 31.2 Å². The van der Waals surface area contributed by atoms with Gasteiger partial charge < -0.3 is 10.1 Å². The van der Waals surface area contributed by atoms with Crippen LogP contribution in [0.3, 0.4) is 0 Å². The molecule has 0 fully saturated rings. The second-order valence-electron chi connectivity index (χ2n) is 8.14. The highest BCUT2D eigenvalue weighted by Crippen LogP contribution is 2.24. The number of hydrogen-bond donors (Lipinski definition) is 2. The summed E-state index contributed by atoms with van der Waals surface area (Å²) in [5.41, 5.74) is 5.40. The average Bonchev–Trinajstić information content (AvgIpc) is 2.77. The van der Waals surface area contributed by atoms with Gasteiger partial charge in [-0.25, -0.2) is 8.42 Å². The first-order valence-corrected chi connectivity index (χ1v) is 12.3. The molecule has 3 rings (SSSR count). The summed E-state index contributed by atoms with van der Waals surface area (Å²) in [6.07, 6.45) is 0. The molecule has 0 aliphatic carbocycles. The first kappa shape index (κ1) is 24.3. The topological polar surface area (TPSA) is 84.5 Å². The lowest BCUT2D eigenvalue weighted by Crippen LogP contribution is -2.28. The highest BCUT2D eigenvalue weighted by molar-refractivity contribution is 7.92. The lowest BCUT2D eigenvalue weighted by Gasteiger charge is -2.15. The number of benzene rings is 3. The van der Waals surface area contributed by atoms with Gasteiger partial charge in [-0.15, -0.1) is 0 Å². The fraction of sp³-hybridized carbons (Fsp3) is 0.269. The number of nitrogens with one attached hydrogen (secondary N) is 2. The fourth-order valence-electron chi connectivity index (χ4n) is 3.40. The van der Waals surface area contributed by atoms with Crippen molar-refractivity contribution in [2.24, 2.45) is 0 Å². The third-order valence-corrected chi connectivity index (χ3v) is 7.30. The third-order valence-electron chi connectivity index (χ3n) is 5.79. The summed E-state index contributed by atoms with van der Waals surface area (Å²) < 4.78 is 34.6. The van der Waals surface area contributed by atoms with Crippen molar-refractivity contribution in [1.29, 1.82) is 0 Å². The van der Waals surface area contributed by atoms with Crippen LogP contribution in [0.1, 0.15) is 38.2 Å². The number of hydrogen-bond acceptors (Lipinski definition) is 4.